The van der Waals surface area contributed by atoms with Gasteiger partial charge in [0.2, 0.25) is 5.91 Å². The van der Waals surface area contributed by atoms with Gasteiger partial charge in [0, 0.05) is 17.4 Å². The van der Waals surface area contributed by atoms with Gasteiger partial charge in [-0.05, 0) is 60.7 Å². The van der Waals surface area contributed by atoms with Crippen LogP contribution < -0.4 is 14.8 Å². The van der Waals surface area contributed by atoms with Gasteiger partial charge in [0.25, 0.3) is 0 Å². The van der Waals surface area contributed by atoms with Crippen molar-refractivity contribution >= 4 is 32.2 Å². The molecule has 1 N–H and O–H groups in total. The zero-order valence-corrected chi connectivity index (χ0v) is 19.9. The summed E-state index contributed by atoms with van der Waals surface area (Å²) in [6, 6.07) is 23.1. The average Bonchev–Trinajstić information content (AvgIpc) is 3.32. The molecule has 1 aromatic heterocycles. The first-order valence-corrected chi connectivity index (χ1v) is 12.9. The summed E-state index contributed by atoms with van der Waals surface area (Å²) < 4.78 is 35.8. The Hall–Kier alpha value is -3.69. The van der Waals surface area contributed by atoms with Gasteiger partial charge in [-0.25, -0.2) is 13.4 Å². The van der Waals surface area contributed by atoms with Crippen LogP contribution in [-0.4, -0.2) is 32.2 Å². The predicted octanol–water partition coefficient (Wildman–Crippen LogP) is 5.41. The zero-order chi connectivity index (χ0) is 24.0. The van der Waals surface area contributed by atoms with Crippen molar-refractivity contribution in [3.8, 4) is 28.5 Å². The number of amides is 1. The number of hydrogen-bond acceptors (Lipinski definition) is 7. The number of carbonyl (C=O) groups is 1. The van der Waals surface area contributed by atoms with E-state index >= 15 is 0 Å². The molecule has 34 heavy (non-hydrogen) atoms. The van der Waals surface area contributed by atoms with E-state index in [0.717, 1.165) is 11.3 Å². The number of hydrogen-bond donors (Lipinski definition) is 1. The molecule has 0 unspecified atom stereocenters. The zero-order valence-electron chi connectivity index (χ0n) is 18.3. The first-order chi connectivity index (χ1) is 16.4. The smallest absolute Gasteiger partial charge is 0.227 e. The van der Waals surface area contributed by atoms with Gasteiger partial charge in [0.15, 0.2) is 15.0 Å². The molecule has 7 nitrogen and oxygen atoms in total. The molecular formula is C25H22N2O5S2. The van der Waals surface area contributed by atoms with E-state index in [1.807, 2.05) is 60.0 Å². The minimum Gasteiger partial charge on any atom is -0.497 e. The third kappa shape index (κ3) is 6.00. The number of benzene rings is 3. The molecule has 4 aromatic rings. The van der Waals surface area contributed by atoms with Gasteiger partial charge in [0.1, 0.15) is 17.2 Å². The van der Waals surface area contributed by atoms with Gasteiger partial charge in [-0.2, -0.15) is 0 Å². The van der Waals surface area contributed by atoms with Crippen molar-refractivity contribution in [1.82, 2.24) is 4.98 Å². The van der Waals surface area contributed by atoms with Crippen LogP contribution in [0.2, 0.25) is 0 Å². The summed E-state index contributed by atoms with van der Waals surface area (Å²) in [6.07, 6.45) is -0.172. The molecule has 0 radical (unpaired) electrons. The molecule has 0 atom stereocenters. The molecule has 0 fully saturated rings. The standard InChI is InChI=1S/C25H22N2O5S2/c1-31-19-11-13-22(14-12-19)34(29,30)16-15-24(28)27-25-26-23(17-33-25)18-7-9-21(10-8-18)32-20-5-3-2-4-6-20/h2-14,17H,15-16H2,1H3,(H,26,27,28). The third-order valence-electron chi connectivity index (χ3n) is 4.90. The summed E-state index contributed by atoms with van der Waals surface area (Å²) in [7, 11) is -2.08. The molecule has 3 aromatic carbocycles. The lowest BCUT2D eigenvalue weighted by Crippen LogP contribution is -2.17. The number of ether oxygens (including phenoxy) is 2. The minimum atomic E-state index is -3.58. The lowest BCUT2D eigenvalue weighted by Gasteiger charge is -2.06. The van der Waals surface area contributed by atoms with Gasteiger partial charge in [-0.1, -0.05) is 18.2 Å². The summed E-state index contributed by atoms with van der Waals surface area (Å²) >= 11 is 1.28. The van der Waals surface area contributed by atoms with Gasteiger partial charge < -0.3 is 14.8 Å². The lowest BCUT2D eigenvalue weighted by molar-refractivity contribution is -0.115. The van der Waals surface area contributed by atoms with Gasteiger partial charge in [0.05, 0.1) is 23.5 Å². The number of carbonyl (C=O) groups excluding carboxylic acids is 1. The maximum absolute atomic E-state index is 12.5. The SMILES string of the molecule is COc1ccc(S(=O)(=O)CCC(=O)Nc2nc(-c3ccc(Oc4ccccc4)cc3)cs2)cc1. The highest BCUT2D eigenvalue weighted by Crippen LogP contribution is 2.28. The number of anilines is 1. The Labute approximate surface area is 201 Å². The van der Waals surface area contributed by atoms with Crippen LogP contribution in [0.5, 0.6) is 17.2 Å². The third-order valence-corrected chi connectivity index (χ3v) is 7.39. The Balaban J connectivity index is 1.32. The second kappa shape index (κ2) is 10.5. The average molecular weight is 495 g/mol. The fourth-order valence-electron chi connectivity index (χ4n) is 3.09. The van der Waals surface area contributed by atoms with Crippen LogP contribution in [0.1, 0.15) is 6.42 Å². The number of sulfone groups is 1. The van der Waals surface area contributed by atoms with Crippen LogP contribution in [0.15, 0.2) is 89.1 Å². The molecule has 0 bridgehead atoms. The highest BCUT2D eigenvalue weighted by atomic mass is 32.2. The number of para-hydroxylation sites is 1. The Morgan fingerprint density at radius 3 is 2.24 bits per heavy atom. The molecule has 1 amide bonds. The molecule has 0 aliphatic heterocycles. The molecule has 1 heterocycles. The van der Waals surface area contributed by atoms with Crippen LogP contribution in [0, 0.1) is 0 Å². The van der Waals surface area contributed by atoms with Crippen LogP contribution in [0.4, 0.5) is 5.13 Å². The lowest BCUT2D eigenvalue weighted by atomic mass is 10.2. The molecule has 0 aliphatic carbocycles. The fourth-order valence-corrected chi connectivity index (χ4v) is 5.07. The van der Waals surface area contributed by atoms with Crippen molar-refractivity contribution in [1.29, 1.82) is 0 Å². The Bertz CT molecular complexity index is 1350. The van der Waals surface area contributed by atoms with Crippen molar-refractivity contribution in [3.63, 3.8) is 0 Å². The molecular weight excluding hydrogens is 472 g/mol. The molecule has 0 saturated heterocycles. The Morgan fingerprint density at radius 1 is 0.912 bits per heavy atom. The topological polar surface area (TPSA) is 94.6 Å². The Kier molecular flexibility index (Phi) is 7.24. The molecule has 0 spiro atoms. The van der Waals surface area contributed by atoms with E-state index in [2.05, 4.69) is 10.3 Å². The number of thiazole rings is 1. The quantitative estimate of drug-likeness (QED) is 0.334. The van der Waals surface area contributed by atoms with E-state index in [1.54, 1.807) is 12.1 Å². The van der Waals surface area contributed by atoms with Crippen molar-refractivity contribution in [2.45, 2.75) is 11.3 Å². The fraction of sp³-hybridized carbons (Fsp3) is 0.120. The summed E-state index contributed by atoms with van der Waals surface area (Å²) in [5.41, 5.74) is 1.58. The normalized spacial score (nSPS) is 11.1. The minimum absolute atomic E-state index is 0.150. The highest BCUT2D eigenvalue weighted by Gasteiger charge is 2.17. The molecule has 174 valence electrons. The Morgan fingerprint density at radius 2 is 1.56 bits per heavy atom. The van der Waals surface area contributed by atoms with Crippen LogP contribution in [0.3, 0.4) is 0 Å². The number of rotatable bonds is 9. The van der Waals surface area contributed by atoms with Crippen molar-refractivity contribution in [2.24, 2.45) is 0 Å². The van der Waals surface area contributed by atoms with E-state index in [4.69, 9.17) is 9.47 Å². The monoisotopic (exact) mass is 494 g/mol. The van der Waals surface area contributed by atoms with Crippen LogP contribution in [0.25, 0.3) is 11.3 Å². The summed E-state index contributed by atoms with van der Waals surface area (Å²) in [6.45, 7) is 0. The first kappa shape index (κ1) is 23.5. The van der Waals surface area contributed by atoms with Gasteiger partial charge in [-0.3, -0.25) is 4.79 Å². The summed E-state index contributed by atoms with van der Waals surface area (Å²) in [5, 5.41) is 4.92. The van der Waals surface area contributed by atoms with Crippen molar-refractivity contribution in [2.75, 3.05) is 18.2 Å². The second-order valence-electron chi connectivity index (χ2n) is 7.27. The molecule has 9 heteroatoms. The summed E-state index contributed by atoms with van der Waals surface area (Å²) in [5.74, 6) is 1.31. The molecule has 0 saturated carbocycles. The van der Waals surface area contributed by atoms with E-state index < -0.39 is 15.7 Å². The maximum atomic E-state index is 12.5. The van der Waals surface area contributed by atoms with Crippen LogP contribution in [-0.2, 0) is 14.6 Å². The van der Waals surface area contributed by atoms with Crippen molar-refractivity contribution in [3.05, 3.63) is 84.2 Å². The highest BCUT2D eigenvalue weighted by molar-refractivity contribution is 7.91. The number of methoxy groups -OCH3 is 1. The van der Waals surface area contributed by atoms with E-state index in [0.29, 0.717) is 22.3 Å². The van der Waals surface area contributed by atoms with E-state index in [1.165, 1.54) is 30.6 Å². The molecule has 0 aliphatic rings. The first-order valence-electron chi connectivity index (χ1n) is 10.4. The number of aromatic nitrogens is 1. The van der Waals surface area contributed by atoms with Crippen LogP contribution >= 0.6 is 11.3 Å². The van der Waals surface area contributed by atoms with E-state index in [-0.39, 0.29) is 17.1 Å². The van der Waals surface area contributed by atoms with E-state index in [9.17, 15) is 13.2 Å². The van der Waals surface area contributed by atoms with Crippen molar-refractivity contribution < 1.29 is 22.7 Å². The number of nitrogens with zero attached hydrogens (tertiary/aromatic N) is 1. The number of nitrogens with one attached hydrogen (secondary N) is 1. The largest absolute Gasteiger partial charge is 0.497 e. The predicted molar refractivity (Wildman–Crippen MR) is 132 cm³/mol. The summed E-state index contributed by atoms with van der Waals surface area (Å²) in [4.78, 5) is 16.9. The second-order valence-corrected chi connectivity index (χ2v) is 10.2. The van der Waals surface area contributed by atoms with Gasteiger partial charge >= 0.3 is 0 Å². The maximum Gasteiger partial charge on any atom is 0.227 e. The molecule has 4 rings (SSSR count). The van der Waals surface area contributed by atoms with Gasteiger partial charge in [-0.15, -0.1) is 11.3 Å².